The molecule has 5 heteroatoms. The maximum absolute atomic E-state index is 12.1. The zero-order chi connectivity index (χ0) is 14.1. The van der Waals surface area contributed by atoms with E-state index in [0.717, 1.165) is 19.3 Å². The number of hydrogen-bond donors (Lipinski definition) is 1. The molecule has 0 aliphatic rings. The number of hydrogen-bond acceptors (Lipinski definition) is 3. The second-order valence-electron chi connectivity index (χ2n) is 4.80. The maximum Gasteiger partial charge on any atom is 0.241 e. The summed E-state index contributed by atoms with van der Waals surface area (Å²) in [6, 6.07) is -0.480. The summed E-state index contributed by atoms with van der Waals surface area (Å²) >= 11 is 0. The van der Waals surface area contributed by atoms with Gasteiger partial charge in [-0.15, -0.1) is 0 Å². The topological polar surface area (TPSA) is 66.6 Å². The number of amides is 2. The van der Waals surface area contributed by atoms with Crippen molar-refractivity contribution in [2.24, 2.45) is 5.73 Å². The predicted molar refractivity (Wildman–Crippen MR) is 73.1 cm³/mol. The van der Waals surface area contributed by atoms with E-state index in [9.17, 15) is 9.59 Å². The van der Waals surface area contributed by atoms with Crippen LogP contribution in [-0.4, -0.2) is 54.8 Å². The fourth-order valence-corrected chi connectivity index (χ4v) is 1.62. The SMILES string of the molecule is CCCCC(N)C(=O)N(CCC)CC(=O)N(C)C. The lowest BCUT2D eigenvalue weighted by Crippen LogP contribution is -2.48. The first-order valence-electron chi connectivity index (χ1n) is 6.68. The van der Waals surface area contributed by atoms with Gasteiger partial charge in [0.05, 0.1) is 12.6 Å². The Bertz CT molecular complexity index is 267. The Kier molecular flexibility index (Phi) is 8.37. The average Bonchev–Trinajstić information content (AvgIpc) is 2.34. The molecule has 0 aliphatic carbocycles. The number of nitrogens with two attached hydrogens (primary N) is 1. The first kappa shape index (κ1) is 16.9. The molecule has 0 heterocycles. The van der Waals surface area contributed by atoms with Crippen molar-refractivity contribution in [3.05, 3.63) is 0 Å². The smallest absolute Gasteiger partial charge is 0.241 e. The van der Waals surface area contributed by atoms with E-state index in [4.69, 9.17) is 5.73 Å². The van der Waals surface area contributed by atoms with Crippen LogP contribution in [0.3, 0.4) is 0 Å². The molecule has 0 aromatic rings. The first-order chi connectivity index (χ1) is 8.43. The van der Waals surface area contributed by atoms with Crippen molar-refractivity contribution >= 4 is 11.8 Å². The summed E-state index contributed by atoms with van der Waals surface area (Å²) in [6.45, 7) is 4.76. The van der Waals surface area contributed by atoms with Crippen molar-refractivity contribution in [1.29, 1.82) is 0 Å². The zero-order valence-electron chi connectivity index (χ0n) is 12.1. The number of likely N-dealkylation sites (N-methyl/N-ethyl adjacent to an activating group) is 1. The molecule has 0 saturated carbocycles. The minimum atomic E-state index is -0.480. The average molecular weight is 257 g/mol. The van der Waals surface area contributed by atoms with Gasteiger partial charge in [-0.3, -0.25) is 9.59 Å². The molecule has 2 amide bonds. The third kappa shape index (κ3) is 6.00. The van der Waals surface area contributed by atoms with Gasteiger partial charge in [-0.2, -0.15) is 0 Å². The lowest BCUT2D eigenvalue weighted by Gasteiger charge is -2.26. The fraction of sp³-hybridized carbons (Fsp3) is 0.846. The van der Waals surface area contributed by atoms with Gasteiger partial charge in [-0.25, -0.2) is 0 Å². The molecule has 5 nitrogen and oxygen atoms in total. The molecule has 0 saturated heterocycles. The van der Waals surface area contributed by atoms with Crippen molar-refractivity contribution in [1.82, 2.24) is 9.80 Å². The van der Waals surface area contributed by atoms with Crippen molar-refractivity contribution in [2.45, 2.75) is 45.6 Å². The largest absolute Gasteiger partial charge is 0.347 e. The van der Waals surface area contributed by atoms with E-state index >= 15 is 0 Å². The van der Waals surface area contributed by atoms with E-state index in [-0.39, 0.29) is 18.4 Å². The highest BCUT2D eigenvalue weighted by molar-refractivity contribution is 5.87. The van der Waals surface area contributed by atoms with E-state index in [2.05, 4.69) is 6.92 Å². The molecular weight excluding hydrogens is 230 g/mol. The van der Waals surface area contributed by atoms with Crippen molar-refractivity contribution in [3.63, 3.8) is 0 Å². The van der Waals surface area contributed by atoms with Crippen LogP contribution in [0.15, 0.2) is 0 Å². The third-order valence-corrected chi connectivity index (χ3v) is 2.82. The van der Waals surface area contributed by atoms with Crippen LogP contribution in [-0.2, 0) is 9.59 Å². The molecule has 0 fully saturated rings. The van der Waals surface area contributed by atoms with Crippen molar-refractivity contribution in [3.8, 4) is 0 Å². The van der Waals surface area contributed by atoms with Crippen LogP contribution in [0.5, 0.6) is 0 Å². The van der Waals surface area contributed by atoms with Gasteiger partial charge in [0, 0.05) is 20.6 Å². The van der Waals surface area contributed by atoms with Crippen LogP contribution in [0.2, 0.25) is 0 Å². The number of rotatable bonds is 8. The summed E-state index contributed by atoms with van der Waals surface area (Å²) in [4.78, 5) is 26.9. The molecule has 0 aromatic heterocycles. The Hall–Kier alpha value is -1.10. The summed E-state index contributed by atoms with van der Waals surface area (Å²) in [6.07, 6.45) is 3.47. The van der Waals surface area contributed by atoms with Crippen LogP contribution in [0.25, 0.3) is 0 Å². The van der Waals surface area contributed by atoms with Crippen molar-refractivity contribution < 1.29 is 9.59 Å². The van der Waals surface area contributed by atoms with Gasteiger partial charge in [0.2, 0.25) is 11.8 Å². The number of unbranched alkanes of at least 4 members (excludes halogenated alkanes) is 1. The van der Waals surface area contributed by atoms with Gasteiger partial charge >= 0.3 is 0 Å². The Labute approximate surface area is 110 Å². The highest BCUT2D eigenvalue weighted by atomic mass is 16.2. The summed E-state index contributed by atoms with van der Waals surface area (Å²) in [5.74, 6) is -0.181. The van der Waals surface area contributed by atoms with Crippen LogP contribution >= 0.6 is 0 Å². The van der Waals surface area contributed by atoms with Gasteiger partial charge < -0.3 is 15.5 Å². The Morgan fingerprint density at radius 3 is 2.22 bits per heavy atom. The third-order valence-electron chi connectivity index (χ3n) is 2.82. The lowest BCUT2D eigenvalue weighted by atomic mass is 10.1. The normalized spacial score (nSPS) is 12.1. The molecule has 18 heavy (non-hydrogen) atoms. The van der Waals surface area contributed by atoms with E-state index < -0.39 is 6.04 Å². The molecule has 0 rings (SSSR count). The first-order valence-corrected chi connectivity index (χ1v) is 6.68. The summed E-state index contributed by atoms with van der Waals surface area (Å²) in [7, 11) is 3.38. The van der Waals surface area contributed by atoms with Crippen LogP contribution in [0.4, 0.5) is 0 Å². The Morgan fingerprint density at radius 1 is 1.17 bits per heavy atom. The molecule has 0 spiro atoms. The zero-order valence-corrected chi connectivity index (χ0v) is 12.1. The minimum absolute atomic E-state index is 0.0699. The number of nitrogens with zero attached hydrogens (tertiary/aromatic N) is 2. The fourth-order valence-electron chi connectivity index (χ4n) is 1.62. The summed E-state index contributed by atoms with van der Waals surface area (Å²) in [5, 5.41) is 0. The van der Waals surface area contributed by atoms with Gasteiger partial charge in [-0.05, 0) is 12.8 Å². The number of carbonyl (C=O) groups excluding carboxylic acids is 2. The second-order valence-corrected chi connectivity index (χ2v) is 4.80. The monoisotopic (exact) mass is 257 g/mol. The molecule has 0 bridgehead atoms. The van der Waals surface area contributed by atoms with Gasteiger partial charge in [-0.1, -0.05) is 26.7 Å². The quantitative estimate of drug-likeness (QED) is 0.700. The van der Waals surface area contributed by atoms with Gasteiger partial charge in [0.15, 0.2) is 0 Å². The van der Waals surface area contributed by atoms with Crippen LogP contribution < -0.4 is 5.73 Å². The molecule has 1 atom stereocenters. The molecule has 0 aromatic carbocycles. The highest BCUT2D eigenvalue weighted by Gasteiger charge is 2.22. The van der Waals surface area contributed by atoms with Crippen LogP contribution in [0, 0.1) is 0 Å². The molecule has 0 radical (unpaired) electrons. The second kappa shape index (κ2) is 8.91. The Balaban J connectivity index is 4.47. The standard InChI is InChI=1S/C13H27N3O2/c1-5-7-8-11(14)13(18)16(9-6-2)10-12(17)15(3)4/h11H,5-10,14H2,1-4H3. The molecule has 0 aliphatic heterocycles. The molecule has 1 unspecified atom stereocenters. The minimum Gasteiger partial charge on any atom is -0.347 e. The van der Waals surface area contributed by atoms with E-state index in [1.807, 2.05) is 6.92 Å². The van der Waals surface area contributed by atoms with Gasteiger partial charge in [0.1, 0.15) is 0 Å². The van der Waals surface area contributed by atoms with E-state index in [0.29, 0.717) is 13.0 Å². The molecule has 2 N–H and O–H groups in total. The number of carbonyl (C=O) groups is 2. The van der Waals surface area contributed by atoms with E-state index in [1.54, 1.807) is 19.0 Å². The lowest BCUT2D eigenvalue weighted by molar-refractivity contribution is -0.140. The van der Waals surface area contributed by atoms with Gasteiger partial charge in [0.25, 0.3) is 0 Å². The summed E-state index contributed by atoms with van der Waals surface area (Å²) in [5.41, 5.74) is 5.87. The highest BCUT2D eigenvalue weighted by Crippen LogP contribution is 2.04. The molecular formula is C13H27N3O2. The maximum atomic E-state index is 12.1. The Morgan fingerprint density at radius 2 is 1.78 bits per heavy atom. The summed E-state index contributed by atoms with van der Waals surface area (Å²) < 4.78 is 0. The van der Waals surface area contributed by atoms with Crippen LogP contribution in [0.1, 0.15) is 39.5 Å². The van der Waals surface area contributed by atoms with E-state index in [1.165, 1.54) is 4.90 Å². The predicted octanol–water partition coefficient (Wildman–Crippen LogP) is 0.831. The molecule has 106 valence electrons. The van der Waals surface area contributed by atoms with Crippen molar-refractivity contribution in [2.75, 3.05) is 27.2 Å².